The Balaban J connectivity index is 2.97. The van der Waals surface area contributed by atoms with Gasteiger partial charge in [0.05, 0.1) is 4.92 Å². The molecule has 17 heavy (non-hydrogen) atoms. The summed E-state index contributed by atoms with van der Waals surface area (Å²) in [5, 5.41) is 13.7. The summed E-state index contributed by atoms with van der Waals surface area (Å²) in [4.78, 5) is 17.9. The van der Waals surface area contributed by atoms with Gasteiger partial charge in [-0.15, -0.1) is 0 Å². The number of anilines is 2. The van der Waals surface area contributed by atoms with E-state index >= 15 is 0 Å². The summed E-state index contributed by atoms with van der Waals surface area (Å²) in [5.74, 6) is 5.45. The Morgan fingerprint density at radius 1 is 1.53 bits per heavy atom. The molecule has 0 aromatic carbocycles. The van der Waals surface area contributed by atoms with Crippen LogP contribution in [0.15, 0.2) is 6.20 Å². The molecule has 0 aliphatic heterocycles. The van der Waals surface area contributed by atoms with Crippen LogP contribution in [-0.2, 0) is 0 Å². The van der Waals surface area contributed by atoms with Crippen LogP contribution in [0.1, 0.15) is 20.8 Å². The maximum Gasteiger partial charge on any atom is 0.329 e. The molecule has 0 saturated heterocycles. The normalized spacial score (nSPS) is 11.1. The molecule has 94 valence electrons. The van der Waals surface area contributed by atoms with Crippen LogP contribution in [0.3, 0.4) is 0 Å². The third-order valence-corrected chi connectivity index (χ3v) is 1.88. The van der Waals surface area contributed by atoms with E-state index in [9.17, 15) is 10.1 Å². The minimum Gasteiger partial charge on any atom is -0.364 e. The minimum atomic E-state index is -0.536. The van der Waals surface area contributed by atoms with E-state index in [0.29, 0.717) is 6.54 Å². The van der Waals surface area contributed by atoms with E-state index in [1.54, 1.807) is 0 Å². The van der Waals surface area contributed by atoms with E-state index in [4.69, 9.17) is 5.84 Å². The second-order valence-corrected chi connectivity index (χ2v) is 4.74. The molecule has 0 aliphatic rings. The molecule has 0 spiro atoms. The first kappa shape index (κ1) is 13.1. The van der Waals surface area contributed by atoms with Crippen molar-refractivity contribution in [1.29, 1.82) is 0 Å². The fourth-order valence-electron chi connectivity index (χ4n) is 1.06. The molecule has 8 nitrogen and oxygen atoms in total. The van der Waals surface area contributed by atoms with Gasteiger partial charge in [-0.1, -0.05) is 20.8 Å². The van der Waals surface area contributed by atoms with Crippen molar-refractivity contribution in [2.75, 3.05) is 17.3 Å². The van der Waals surface area contributed by atoms with Crippen LogP contribution >= 0.6 is 0 Å². The smallest absolute Gasteiger partial charge is 0.329 e. The van der Waals surface area contributed by atoms with E-state index in [1.807, 2.05) is 20.8 Å². The van der Waals surface area contributed by atoms with Crippen molar-refractivity contribution < 1.29 is 4.92 Å². The van der Waals surface area contributed by atoms with Crippen molar-refractivity contribution in [3.8, 4) is 0 Å². The lowest BCUT2D eigenvalue weighted by Gasteiger charge is -2.19. The van der Waals surface area contributed by atoms with Crippen LogP contribution in [0.4, 0.5) is 17.5 Å². The average Bonchev–Trinajstić information content (AvgIpc) is 2.24. The molecular formula is C9H16N6O2. The predicted octanol–water partition coefficient (Wildman–Crippen LogP) is 1.13. The Morgan fingerprint density at radius 3 is 2.65 bits per heavy atom. The summed E-state index contributed by atoms with van der Waals surface area (Å²) in [7, 11) is 0. The van der Waals surface area contributed by atoms with E-state index in [2.05, 4.69) is 20.7 Å². The van der Waals surface area contributed by atoms with Gasteiger partial charge in [0.2, 0.25) is 11.8 Å². The number of nitrogens with zero attached hydrogens (tertiary/aromatic N) is 3. The second-order valence-electron chi connectivity index (χ2n) is 4.74. The predicted molar refractivity (Wildman–Crippen MR) is 64.4 cm³/mol. The van der Waals surface area contributed by atoms with Crippen molar-refractivity contribution in [3.05, 3.63) is 16.3 Å². The van der Waals surface area contributed by atoms with Crippen LogP contribution in [-0.4, -0.2) is 21.4 Å². The summed E-state index contributed by atoms with van der Waals surface area (Å²) in [6, 6.07) is 0. The van der Waals surface area contributed by atoms with Gasteiger partial charge in [-0.2, -0.15) is 4.98 Å². The van der Waals surface area contributed by atoms with Crippen molar-refractivity contribution in [2.45, 2.75) is 20.8 Å². The molecule has 0 bridgehead atoms. The molecule has 0 amide bonds. The fraction of sp³-hybridized carbons (Fsp3) is 0.556. The highest BCUT2D eigenvalue weighted by molar-refractivity contribution is 5.56. The molecule has 0 saturated carbocycles. The van der Waals surface area contributed by atoms with Gasteiger partial charge < -0.3 is 5.32 Å². The monoisotopic (exact) mass is 240 g/mol. The van der Waals surface area contributed by atoms with Crippen LogP contribution in [0, 0.1) is 15.5 Å². The van der Waals surface area contributed by atoms with E-state index < -0.39 is 4.92 Å². The standard InChI is InChI=1S/C9H16N6O2/c1-9(2,3)5-12-7-6(15(16)17)4-11-8(13-7)14-10/h4H,5,10H2,1-3H3,(H2,11,12,13,14). The van der Waals surface area contributed by atoms with Gasteiger partial charge in [0.25, 0.3) is 0 Å². The fourth-order valence-corrected chi connectivity index (χ4v) is 1.06. The van der Waals surface area contributed by atoms with E-state index in [-0.39, 0.29) is 22.9 Å². The van der Waals surface area contributed by atoms with Crippen LogP contribution in [0.2, 0.25) is 0 Å². The number of nitrogens with two attached hydrogens (primary N) is 1. The van der Waals surface area contributed by atoms with Crippen LogP contribution < -0.4 is 16.6 Å². The molecular weight excluding hydrogens is 224 g/mol. The Hall–Kier alpha value is -1.96. The first-order valence-corrected chi connectivity index (χ1v) is 5.05. The highest BCUT2D eigenvalue weighted by Crippen LogP contribution is 2.23. The second kappa shape index (κ2) is 4.91. The topological polar surface area (TPSA) is 119 Å². The van der Waals surface area contributed by atoms with Crippen molar-refractivity contribution in [3.63, 3.8) is 0 Å². The summed E-state index contributed by atoms with van der Waals surface area (Å²) in [6.07, 6.45) is 1.12. The van der Waals surface area contributed by atoms with Crippen molar-refractivity contribution in [2.24, 2.45) is 11.3 Å². The van der Waals surface area contributed by atoms with Gasteiger partial charge >= 0.3 is 5.69 Å². The summed E-state index contributed by atoms with van der Waals surface area (Å²) < 4.78 is 0. The number of hydrazine groups is 1. The third kappa shape index (κ3) is 3.83. The van der Waals surface area contributed by atoms with Gasteiger partial charge in [-0.05, 0) is 5.41 Å². The Kier molecular flexibility index (Phi) is 3.79. The zero-order chi connectivity index (χ0) is 13.1. The highest BCUT2D eigenvalue weighted by atomic mass is 16.6. The Labute approximate surface area is 98.8 Å². The van der Waals surface area contributed by atoms with Gasteiger partial charge in [-0.25, -0.2) is 10.8 Å². The zero-order valence-electron chi connectivity index (χ0n) is 10.0. The number of nitrogens with one attached hydrogen (secondary N) is 2. The average molecular weight is 240 g/mol. The molecule has 1 rings (SSSR count). The number of hydrogen-bond donors (Lipinski definition) is 3. The number of hydrogen-bond acceptors (Lipinski definition) is 7. The first-order chi connectivity index (χ1) is 7.83. The largest absolute Gasteiger partial charge is 0.364 e. The van der Waals surface area contributed by atoms with Crippen LogP contribution in [0.25, 0.3) is 0 Å². The van der Waals surface area contributed by atoms with Crippen molar-refractivity contribution in [1.82, 2.24) is 9.97 Å². The molecule has 1 aromatic heterocycles. The van der Waals surface area contributed by atoms with Gasteiger partial charge in [0, 0.05) is 6.54 Å². The molecule has 0 unspecified atom stereocenters. The maximum absolute atomic E-state index is 10.8. The maximum atomic E-state index is 10.8. The lowest BCUT2D eigenvalue weighted by molar-refractivity contribution is -0.384. The number of rotatable bonds is 4. The molecule has 1 aromatic rings. The van der Waals surface area contributed by atoms with Gasteiger partial charge in [0.1, 0.15) is 6.20 Å². The quantitative estimate of drug-likeness (QED) is 0.410. The lowest BCUT2D eigenvalue weighted by Crippen LogP contribution is -2.21. The van der Waals surface area contributed by atoms with E-state index in [1.165, 1.54) is 0 Å². The molecule has 8 heteroatoms. The summed E-state index contributed by atoms with van der Waals surface area (Å²) in [6.45, 7) is 6.58. The summed E-state index contributed by atoms with van der Waals surface area (Å²) in [5.41, 5.74) is 2.05. The molecule has 1 heterocycles. The molecule has 0 aliphatic carbocycles. The minimum absolute atomic E-state index is 0.0187. The third-order valence-electron chi connectivity index (χ3n) is 1.88. The van der Waals surface area contributed by atoms with E-state index in [0.717, 1.165) is 6.20 Å². The molecule has 0 fully saturated rings. The number of nitro groups is 1. The highest BCUT2D eigenvalue weighted by Gasteiger charge is 2.19. The van der Waals surface area contributed by atoms with Crippen molar-refractivity contribution >= 4 is 17.5 Å². The number of nitrogen functional groups attached to an aromatic ring is 1. The molecule has 4 N–H and O–H groups in total. The molecule has 0 atom stereocenters. The number of aromatic nitrogens is 2. The Bertz CT molecular complexity index is 414. The lowest BCUT2D eigenvalue weighted by atomic mass is 9.97. The molecule has 0 radical (unpaired) electrons. The van der Waals surface area contributed by atoms with Gasteiger partial charge in [-0.3, -0.25) is 15.5 Å². The first-order valence-electron chi connectivity index (χ1n) is 5.05. The summed E-state index contributed by atoms with van der Waals surface area (Å²) >= 11 is 0. The Morgan fingerprint density at radius 2 is 2.18 bits per heavy atom. The van der Waals surface area contributed by atoms with Gasteiger partial charge in [0.15, 0.2) is 0 Å². The zero-order valence-corrected chi connectivity index (χ0v) is 10.0. The SMILES string of the molecule is CC(C)(C)CNc1nc(NN)ncc1[N+](=O)[O-]. The van der Waals surface area contributed by atoms with Crippen LogP contribution in [0.5, 0.6) is 0 Å².